The van der Waals surface area contributed by atoms with E-state index in [1.807, 2.05) is 62.4 Å². The van der Waals surface area contributed by atoms with Gasteiger partial charge in [-0.15, -0.1) is 0 Å². The quantitative estimate of drug-likeness (QED) is 0.0956. The molecule has 0 spiro atoms. The van der Waals surface area contributed by atoms with Crippen LogP contribution < -0.4 is 15.3 Å². The number of fused-ring (bicyclic) bond motifs is 1. The van der Waals surface area contributed by atoms with Crippen molar-refractivity contribution in [2.45, 2.75) is 89.3 Å². The van der Waals surface area contributed by atoms with Gasteiger partial charge in [0.25, 0.3) is 0 Å². The fourth-order valence-electron chi connectivity index (χ4n) is 6.01. The van der Waals surface area contributed by atoms with E-state index in [2.05, 4.69) is 35.9 Å². The molecule has 5 N–H and O–H groups in total. The molecule has 14 nitrogen and oxygen atoms in total. The van der Waals surface area contributed by atoms with Gasteiger partial charge in [0, 0.05) is 0 Å². The van der Waals surface area contributed by atoms with Gasteiger partial charge < -0.3 is 29.9 Å². The first-order chi connectivity index (χ1) is 24.7. The van der Waals surface area contributed by atoms with Crippen LogP contribution in [0.1, 0.15) is 64.3 Å². The number of nitrogens with zero attached hydrogens (tertiary/aromatic N) is 4. The fraction of sp³-hybridized carbons (Fsp3) is 0.459. The summed E-state index contributed by atoms with van der Waals surface area (Å²) in [6.07, 6.45) is -1.92. The van der Waals surface area contributed by atoms with Gasteiger partial charge in [0.05, 0.1) is 18.9 Å². The third-order valence-corrected chi connectivity index (χ3v) is 10.9. The number of nitriles is 1. The molecule has 1 aliphatic heterocycles. The Balaban J connectivity index is 1.45. The van der Waals surface area contributed by atoms with Crippen molar-refractivity contribution in [1.82, 2.24) is 19.7 Å². The average molecular weight is 735 g/mol. The summed E-state index contributed by atoms with van der Waals surface area (Å²) in [4.78, 5) is 17.6. The molecule has 0 saturated carbocycles. The van der Waals surface area contributed by atoms with Crippen molar-refractivity contribution in [3.63, 3.8) is 0 Å². The lowest BCUT2D eigenvalue weighted by atomic mass is 9.87. The van der Waals surface area contributed by atoms with Gasteiger partial charge in [-0.25, -0.2) is 14.1 Å². The second kappa shape index (κ2) is 16.1. The van der Waals surface area contributed by atoms with Crippen LogP contribution in [0.4, 0.5) is 5.82 Å². The molecule has 52 heavy (non-hydrogen) atoms. The number of ether oxygens (including phenoxy) is 2. The predicted octanol–water partition coefficient (Wildman–Crippen LogP) is 4.83. The summed E-state index contributed by atoms with van der Waals surface area (Å²) in [7, 11) is -4.51. The minimum absolute atomic E-state index is 0.0905. The van der Waals surface area contributed by atoms with Crippen molar-refractivity contribution in [2.75, 3.05) is 18.9 Å². The van der Waals surface area contributed by atoms with Crippen molar-refractivity contribution < 1.29 is 38.1 Å². The van der Waals surface area contributed by atoms with Crippen molar-refractivity contribution in [1.29, 1.82) is 5.26 Å². The number of nitrogens with one attached hydrogen (secondary N) is 1. The van der Waals surface area contributed by atoms with E-state index in [9.17, 15) is 24.8 Å². The molecular formula is C37H47N6O8P. The molecule has 0 amide bonds. The lowest BCUT2D eigenvalue weighted by Crippen LogP contribution is -2.41. The Hall–Kier alpha value is -4.35. The van der Waals surface area contributed by atoms with Crippen LogP contribution in [0.15, 0.2) is 73.1 Å². The predicted molar refractivity (Wildman–Crippen MR) is 193 cm³/mol. The average Bonchev–Trinajstić information content (AvgIpc) is 3.67. The first-order valence-electron chi connectivity index (χ1n) is 17.3. The van der Waals surface area contributed by atoms with Crippen molar-refractivity contribution >= 4 is 25.1 Å². The lowest BCUT2D eigenvalue weighted by molar-refractivity contribution is -0.147. The Kier molecular flexibility index (Phi) is 12.1. The standard InChI is InChI=1S/C37H47N6O8P/c1-6-24(7-2)20-48-35(46)28(19-25-11-9-8-10-12-25)42-52(47,51-27-15-13-26(14-16-27)36(3,4)5)49-21-30-32(44)33(45)37(22-38,50-30)31-18-17-29-34(39)40-23-41-43(29)31/h8-18,23-24,28,30,32-33,44-45H,6-7,19-21H2,1-5H3,(H,42,47)(H2,39,40,41)/t28-,30+,32+,33+,37-,52-/m0/s1. The maximum absolute atomic E-state index is 14.8. The molecule has 1 saturated heterocycles. The number of aliphatic hydroxyl groups is 2. The number of nitrogens with two attached hydrogens (primary N) is 1. The summed E-state index contributed by atoms with van der Waals surface area (Å²) in [5, 5.41) is 39.7. The summed E-state index contributed by atoms with van der Waals surface area (Å²) in [5.41, 5.74) is 5.92. The van der Waals surface area contributed by atoms with Gasteiger partial charge in [-0.2, -0.15) is 15.4 Å². The van der Waals surface area contributed by atoms with Gasteiger partial charge in [-0.1, -0.05) is 89.9 Å². The van der Waals surface area contributed by atoms with E-state index in [0.29, 0.717) is 5.52 Å². The summed E-state index contributed by atoms with van der Waals surface area (Å²) in [5.74, 6) is -0.187. The van der Waals surface area contributed by atoms with Crippen LogP contribution in [-0.2, 0) is 40.8 Å². The number of benzene rings is 2. The van der Waals surface area contributed by atoms with Crippen LogP contribution in [0.25, 0.3) is 5.52 Å². The molecule has 1 aliphatic rings. The molecule has 0 radical (unpaired) electrons. The maximum Gasteiger partial charge on any atom is 0.459 e. The highest BCUT2D eigenvalue weighted by Gasteiger charge is 2.58. The third kappa shape index (κ3) is 8.47. The molecule has 2 aromatic carbocycles. The van der Waals surface area contributed by atoms with E-state index in [-0.39, 0.29) is 41.6 Å². The molecule has 2 aromatic heterocycles. The number of anilines is 1. The smallest absolute Gasteiger partial charge is 0.459 e. The van der Waals surface area contributed by atoms with Gasteiger partial charge in [0.1, 0.15) is 48.0 Å². The van der Waals surface area contributed by atoms with E-state index in [4.69, 9.17) is 24.3 Å². The Bertz CT molecular complexity index is 1910. The molecule has 1 fully saturated rings. The summed E-state index contributed by atoms with van der Waals surface area (Å²) in [6.45, 7) is 9.76. The van der Waals surface area contributed by atoms with E-state index in [0.717, 1.165) is 24.0 Å². The van der Waals surface area contributed by atoms with Crippen LogP contribution in [0.5, 0.6) is 5.75 Å². The number of nitrogen functional groups attached to an aromatic ring is 1. The highest BCUT2D eigenvalue weighted by molar-refractivity contribution is 7.52. The van der Waals surface area contributed by atoms with Crippen LogP contribution in [0, 0.1) is 17.2 Å². The molecular weight excluding hydrogens is 687 g/mol. The second-order valence-electron chi connectivity index (χ2n) is 13.9. The van der Waals surface area contributed by atoms with Crippen LogP contribution >= 0.6 is 7.75 Å². The topological polar surface area (TPSA) is 204 Å². The zero-order valence-corrected chi connectivity index (χ0v) is 30.9. The van der Waals surface area contributed by atoms with Gasteiger partial charge in [-0.3, -0.25) is 9.32 Å². The van der Waals surface area contributed by atoms with E-state index in [1.54, 1.807) is 18.2 Å². The lowest BCUT2D eigenvalue weighted by Gasteiger charge is -2.27. The Morgan fingerprint density at radius 2 is 1.81 bits per heavy atom. The molecule has 4 aromatic rings. The first kappa shape index (κ1) is 38.9. The molecule has 5 rings (SSSR count). The van der Waals surface area contributed by atoms with Crippen molar-refractivity contribution in [3.8, 4) is 11.8 Å². The number of esters is 1. The van der Waals surface area contributed by atoms with Crippen molar-refractivity contribution in [2.24, 2.45) is 5.92 Å². The Morgan fingerprint density at radius 1 is 1.12 bits per heavy atom. The van der Waals surface area contributed by atoms with E-state index in [1.165, 1.54) is 16.9 Å². The SMILES string of the molecule is CCC(CC)COC(=O)[C@H](Cc1ccccc1)N[P@](=O)(OC[C@H]1O[C@@](C#N)(c2ccc3c(N)ncnn23)[C@H](O)[C@@H]1O)Oc1ccc(C(C)(C)C)cc1. The summed E-state index contributed by atoms with van der Waals surface area (Å²) < 4.78 is 39.8. The number of carbonyl (C=O) groups excluding carboxylic acids is 1. The molecule has 0 unspecified atom stereocenters. The molecule has 0 aliphatic carbocycles. The molecule has 278 valence electrons. The number of hydrogen-bond donors (Lipinski definition) is 4. The summed E-state index contributed by atoms with van der Waals surface area (Å²) in [6, 6.07) is 20.0. The molecule has 0 bridgehead atoms. The molecule has 6 atom stereocenters. The number of hydrogen-bond acceptors (Lipinski definition) is 12. The second-order valence-corrected chi connectivity index (χ2v) is 15.6. The number of aliphatic hydroxyl groups excluding tert-OH is 2. The van der Waals surface area contributed by atoms with E-state index >= 15 is 0 Å². The highest BCUT2D eigenvalue weighted by atomic mass is 31.2. The van der Waals surface area contributed by atoms with Crippen LogP contribution in [0.3, 0.4) is 0 Å². The fourth-order valence-corrected chi connectivity index (χ4v) is 7.51. The minimum atomic E-state index is -4.51. The van der Waals surface area contributed by atoms with E-state index < -0.39 is 50.3 Å². The number of carbonyl (C=O) groups is 1. The summed E-state index contributed by atoms with van der Waals surface area (Å²) >= 11 is 0. The monoisotopic (exact) mass is 734 g/mol. The minimum Gasteiger partial charge on any atom is -0.464 e. The molecule has 3 heterocycles. The zero-order chi connectivity index (χ0) is 37.7. The zero-order valence-electron chi connectivity index (χ0n) is 30.0. The van der Waals surface area contributed by atoms with Crippen LogP contribution in [0.2, 0.25) is 0 Å². The highest BCUT2D eigenvalue weighted by Crippen LogP contribution is 2.48. The number of rotatable bonds is 15. The third-order valence-electron chi connectivity index (χ3n) is 9.34. The van der Waals surface area contributed by atoms with Gasteiger partial charge >= 0.3 is 13.7 Å². The molecule has 15 heteroatoms. The van der Waals surface area contributed by atoms with Gasteiger partial charge in [0.15, 0.2) is 5.82 Å². The van der Waals surface area contributed by atoms with Crippen LogP contribution in [-0.4, -0.2) is 68.3 Å². The number of aromatic nitrogens is 3. The van der Waals surface area contributed by atoms with Gasteiger partial charge in [0.2, 0.25) is 5.60 Å². The maximum atomic E-state index is 14.8. The Morgan fingerprint density at radius 3 is 2.44 bits per heavy atom. The first-order valence-corrected chi connectivity index (χ1v) is 18.8. The largest absolute Gasteiger partial charge is 0.464 e. The normalized spacial score (nSPS) is 22.2. The Labute approximate surface area is 303 Å². The van der Waals surface area contributed by atoms with Crippen molar-refractivity contribution in [3.05, 3.63) is 89.9 Å². The van der Waals surface area contributed by atoms with Gasteiger partial charge in [-0.05, 0) is 53.1 Å².